The monoisotopic (exact) mass is 301 g/mol. The molecule has 0 atom stereocenters. The van der Waals surface area contributed by atoms with Crippen LogP contribution in [0.25, 0.3) is 6.08 Å². The standard InChI is InChI=1S/C16H15NO3S/c1-2-3-8-17-11-6-4-5-7-12(11)21-13(17)9-10-14(18)16(20)15(10)19/h4-7,9,18H,2-3,8H2,1H3/b13-9+. The smallest absolute Gasteiger partial charge is 0.268 e. The van der Waals surface area contributed by atoms with Gasteiger partial charge in [0.1, 0.15) is 0 Å². The van der Waals surface area contributed by atoms with Crippen molar-refractivity contribution in [1.29, 1.82) is 0 Å². The largest absolute Gasteiger partial charge is 0.504 e. The van der Waals surface area contributed by atoms with Crippen LogP contribution in [-0.4, -0.2) is 11.7 Å². The van der Waals surface area contributed by atoms with E-state index in [-0.39, 0.29) is 5.56 Å². The average molecular weight is 301 g/mol. The van der Waals surface area contributed by atoms with Gasteiger partial charge in [0.05, 0.1) is 16.3 Å². The first-order valence-electron chi connectivity index (χ1n) is 6.92. The topological polar surface area (TPSA) is 57.6 Å². The van der Waals surface area contributed by atoms with Gasteiger partial charge in [-0.1, -0.05) is 37.2 Å². The van der Waals surface area contributed by atoms with Gasteiger partial charge in [0.25, 0.3) is 5.43 Å². The number of fused-ring (bicyclic) bond motifs is 1. The molecule has 1 heterocycles. The lowest BCUT2D eigenvalue weighted by Crippen LogP contribution is -2.33. The summed E-state index contributed by atoms with van der Waals surface area (Å²) in [6.07, 6.45) is 3.73. The Hall–Kier alpha value is -2.01. The van der Waals surface area contributed by atoms with Gasteiger partial charge in [0, 0.05) is 11.4 Å². The van der Waals surface area contributed by atoms with Gasteiger partial charge in [-0.3, -0.25) is 9.59 Å². The van der Waals surface area contributed by atoms with Crippen LogP contribution in [0.5, 0.6) is 5.75 Å². The van der Waals surface area contributed by atoms with E-state index in [9.17, 15) is 14.7 Å². The van der Waals surface area contributed by atoms with Crippen molar-refractivity contribution in [3.8, 4) is 5.75 Å². The number of hydrogen-bond acceptors (Lipinski definition) is 5. The fourth-order valence-corrected chi connectivity index (χ4v) is 3.49. The number of benzene rings is 1. The van der Waals surface area contributed by atoms with Crippen molar-refractivity contribution >= 4 is 23.5 Å². The van der Waals surface area contributed by atoms with E-state index in [1.807, 2.05) is 24.3 Å². The van der Waals surface area contributed by atoms with E-state index in [1.54, 1.807) is 17.8 Å². The van der Waals surface area contributed by atoms with Crippen molar-refractivity contribution in [2.75, 3.05) is 11.4 Å². The molecule has 0 aliphatic carbocycles. The van der Waals surface area contributed by atoms with Gasteiger partial charge in [-0.05, 0) is 24.6 Å². The molecule has 4 nitrogen and oxygen atoms in total. The SMILES string of the molecule is CCCCN1/C(=C\c2c(O)c(=O)c2=O)Sc2ccccc21. The molecule has 0 aromatic heterocycles. The number of hydrogen-bond donors (Lipinski definition) is 1. The quantitative estimate of drug-likeness (QED) is 0.880. The van der Waals surface area contributed by atoms with Gasteiger partial charge in [-0.15, -0.1) is 0 Å². The van der Waals surface area contributed by atoms with Crippen LogP contribution in [0.1, 0.15) is 25.3 Å². The zero-order valence-electron chi connectivity index (χ0n) is 11.6. The molecule has 0 radical (unpaired) electrons. The first-order chi connectivity index (χ1) is 10.1. The first-order valence-corrected chi connectivity index (χ1v) is 7.73. The lowest BCUT2D eigenvalue weighted by molar-refractivity contribution is 0.461. The Balaban J connectivity index is 1.99. The second-order valence-electron chi connectivity index (χ2n) is 4.98. The van der Waals surface area contributed by atoms with Gasteiger partial charge >= 0.3 is 0 Å². The maximum absolute atomic E-state index is 11.5. The number of nitrogens with zero attached hydrogens (tertiary/aromatic N) is 1. The summed E-state index contributed by atoms with van der Waals surface area (Å²) >= 11 is 1.56. The Morgan fingerprint density at radius 1 is 1.24 bits per heavy atom. The maximum Gasteiger partial charge on any atom is 0.268 e. The summed E-state index contributed by atoms with van der Waals surface area (Å²) < 4.78 is 0. The van der Waals surface area contributed by atoms with E-state index >= 15 is 0 Å². The second kappa shape index (κ2) is 5.41. The van der Waals surface area contributed by atoms with Crippen molar-refractivity contribution in [2.45, 2.75) is 24.7 Å². The Morgan fingerprint density at radius 2 is 2.00 bits per heavy atom. The highest BCUT2D eigenvalue weighted by atomic mass is 32.2. The van der Waals surface area contributed by atoms with Crippen molar-refractivity contribution in [3.63, 3.8) is 0 Å². The number of unbranched alkanes of at least 4 members (excludes halogenated alkanes) is 1. The summed E-state index contributed by atoms with van der Waals surface area (Å²) in [5, 5.41) is 10.4. The molecule has 5 heteroatoms. The number of para-hydroxylation sites is 1. The van der Waals surface area contributed by atoms with Crippen molar-refractivity contribution in [1.82, 2.24) is 0 Å². The summed E-state index contributed by atoms with van der Waals surface area (Å²) in [6.45, 7) is 2.98. The molecule has 0 saturated carbocycles. The zero-order valence-corrected chi connectivity index (χ0v) is 12.4. The van der Waals surface area contributed by atoms with Gasteiger partial charge in [0.15, 0.2) is 5.75 Å². The third-order valence-corrected chi connectivity index (χ3v) is 4.67. The van der Waals surface area contributed by atoms with Crippen molar-refractivity contribution < 1.29 is 5.11 Å². The highest BCUT2D eigenvalue weighted by Gasteiger charge is 2.26. The van der Waals surface area contributed by atoms with Crippen LogP contribution in [0.2, 0.25) is 0 Å². The van der Waals surface area contributed by atoms with E-state index in [1.165, 1.54) is 0 Å². The van der Waals surface area contributed by atoms with Gasteiger partial charge in [-0.2, -0.15) is 0 Å². The molecule has 108 valence electrons. The third kappa shape index (κ3) is 2.27. The molecular weight excluding hydrogens is 286 g/mol. The number of anilines is 1. The molecule has 0 amide bonds. The summed E-state index contributed by atoms with van der Waals surface area (Å²) in [6, 6.07) is 8.03. The summed E-state index contributed by atoms with van der Waals surface area (Å²) in [5.41, 5.74) is -0.160. The van der Waals surface area contributed by atoms with Gasteiger partial charge in [0.2, 0.25) is 5.43 Å². The molecule has 0 bridgehead atoms. The van der Waals surface area contributed by atoms with E-state index in [0.717, 1.165) is 35.0 Å². The Kier molecular flexibility index (Phi) is 3.59. The van der Waals surface area contributed by atoms with Crippen LogP contribution in [-0.2, 0) is 0 Å². The molecular formula is C16H15NO3S. The molecule has 0 unspecified atom stereocenters. The molecule has 1 aliphatic rings. The lowest BCUT2D eigenvalue weighted by Gasteiger charge is -2.20. The molecule has 3 rings (SSSR count). The minimum Gasteiger partial charge on any atom is -0.504 e. The summed E-state index contributed by atoms with van der Waals surface area (Å²) in [4.78, 5) is 25.9. The minimum atomic E-state index is -0.789. The van der Waals surface area contributed by atoms with Crippen LogP contribution in [0.3, 0.4) is 0 Å². The minimum absolute atomic E-state index is 0.122. The van der Waals surface area contributed by atoms with E-state index in [4.69, 9.17) is 0 Å². The van der Waals surface area contributed by atoms with Gasteiger partial charge in [-0.25, -0.2) is 0 Å². The predicted octanol–water partition coefficient (Wildman–Crippen LogP) is 2.70. The van der Waals surface area contributed by atoms with Crippen LogP contribution < -0.4 is 15.8 Å². The zero-order chi connectivity index (χ0) is 15.0. The van der Waals surface area contributed by atoms with Crippen LogP contribution in [0, 0.1) is 0 Å². The highest BCUT2D eigenvalue weighted by molar-refractivity contribution is 8.03. The number of thioether (sulfide) groups is 1. The van der Waals surface area contributed by atoms with Crippen LogP contribution in [0.15, 0.2) is 43.8 Å². The second-order valence-corrected chi connectivity index (χ2v) is 6.04. The van der Waals surface area contributed by atoms with Crippen molar-refractivity contribution in [2.24, 2.45) is 0 Å². The molecule has 0 fully saturated rings. The normalized spacial score (nSPS) is 15.9. The molecule has 21 heavy (non-hydrogen) atoms. The maximum atomic E-state index is 11.5. The first kappa shape index (κ1) is 13.9. The average Bonchev–Trinajstić information content (AvgIpc) is 2.87. The number of rotatable bonds is 4. The van der Waals surface area contributed by atoms with Gasteiger partial charge < -0.3 is 10.0 Å². The van der Waals surface area contributed by atoms with Crippen LogP contribution in [0.4, 0.5) is 5.69 Å². The van der Waals surface area contributed by atoms with E-state index < -0.39 is 16.6 Å². The molecule has 2 aromatic carbocycles. The van der Waals surface area contributed by atoms with Crippen LogP contribution >= 0.6 is 11.8 Å². The molecule has 0 saturated heterocycles. The van der Waals surface area contributed by atoms with E-state index in [0.29, 0.717) is 0 Å². The highest BCUT2D eigenvalue weighted by Crippen LogP contribution is 2.46. The fraction of sp³-hybridized carbons (Fsp3) is 0.250. The predicted molar refractivity (Wildman–Crippen MR) is 85.5 cm³/mol. The third-order valence-electron chi connectivity index (χ3n) is 3.56. The number of aromatic hydroxyl groups is 1. The molecule has 1 N–H and O–H groups in total. The molecule has 1 aliphatic heterocycles. The molecule has 0 spiro atoms. The fourth-order valence-electron chi connectivity index (χ4n) is 2.36. The Labute approximate surface area is 126 Å². The lowest BCUT2D eigenvalue weighted by atomic mass is 10.1. The van der Waals surface area contributed by atoms with E-state index in [2.05, 4.69) is 11.8 Å². The Morgan fingerprint density at radius 3 is 2.71 bits per heavy atom. The summed E-state index contributed by atoms with van der Waals surface area (Å²) in [7, 11) is 0. The summed E-state index contributed by atoms with van der Waals surface area (Å²) in [5.74, 6) is -0.417. The molecule has 2 aromatic rings. The van der Waals surface area contributed by atoms with Crippen molar-refractivity contribution in [3.05, 3.63) is 55.3 Å². The Bertz CT molecular complexity index is 787.